The molecule has 0 aliphatic heterocycles. The van der Waals surface area contributed by atoms with Crippen molar-refractivity contribution < 1.29 is 4.79 Å². The fourth-order valence-electron chi connectivity index (χ4n) is 1.78. The number of nitrogens with one attached hydrogen (secondary N) is 2. The Bertz CT molecular complexity index is 633. The number of amides is 1. The molecule has 106 valence electrons. The van der Waals surface area contributed by atoms with Crippen LogP contribution in [0.5, 0.6) is 0 Å². The van der Waals surface area contributed by atoms with E-state index in [9.17, 15) is 4.79 Å². The molecule has 0 saturated carbocycles. The van der Waals surface area contributed by atoms with Crippen molar-refractivity contribution in [2.45, 2.75) is 6.54 Å². The second-order valence-electron chi connectivity index (χ2n) is 4.75. The number of halogens is 1. The molecule has 1 aromatic heterocycles. The van der Waals surface area contributed by atoms with Crippen molar-refractivity contribution >= 4 is 28.4 Å². The minimum Gasteiger partial charge on any atom is -0.347 e. The SMILES string of the molecule is CN(C)C/C=C/C(=O)NCc1[nH]nc2ccc(Cl)cc12. The van der Waals surface area contributed by atoms with Gasteiger partial charge in [0.1, 0.15) is 0 Å². The molecule has 0 atom stereocenters. The number of carbonyl (C=O) groups excluding carboxylic acids is 1. The Morgan fingerprint density at radius 2 is 2.30 bits per heavy atom. The zero-order chi connectivity index (χ0) is 14.5. The number of likely N-dealkylation sites (N-methyl/N-ethyl adjacent to an activating group) is 1. The van der Waals surface area contributed by atoms with Gasteiger partial charge in [-0.05, 0) is 32.3 Å². The molecule has 2 aromatic rings. The van der Waals surface area contributed by atoms with Gasteiger partial charge < -0.3 is 10.2 Å². The van der Waals surface area contributed by atoms with Gasteiger partial charge in [-0.1, -0.05) is 17.7 Å². The van der Waals surface area contributed by atoms with Crippen LogP contribution in [0, 0.1) is 0 Å². The first kappa shape index (κ1) is 14.6. The van der Waals surface area contributed by atoms with Crippen LogP contribution in [0.25, 0.3) is 10.9 Å². The number of H-pyrrole nitrogens is 1. The predicted octanol–water partition coefficient (Wildman–Crippen LogP) is 1.95. The first-order valence-electron chi connectivity index (χ1n) is 6.28. The molecule has 6 heteroatoms. The quantitative estimate of drug-likeness (QED) is 0.828. The first-order chi connectivity index (χ1) is 9.56. The van der Waals surface area contributed by atoms with E-state index in [0.717, 1.165) is 23.1 Å². The van der Waals surface area contributed by atoms with Gasteiger partial charge in [-0.25, -0.2) is 0 Å². The van der Waals surface area contributed by atoms with Gasteiger partial charge in [0.25, 0.3) is 0 Å². The lowest BCUT2D eigenvalue weighted by Crippen LogP contribution is -2.21. The average molecular weight is 293 g/mol. The second-order valence-corrected chi connectivity index (χ2v) is 5.18. The number of aromatic amines is 1. The maximum Gasteiger partial charge on any atom is 0.244 e. The number of nitrogens with zero attached hydrogens (tertiary/aromatic N) is 2. The van der Waals surface area contributed by atoms with E-state index in [1.54, 1.807) is 6.07 Å². The van der Waals surface area contributed by atoms with E-state index in [4.69, 9.17) is 11.6 Å². The van der Waals surface area contributed by atoms with Gasteiger partial charge in [0.05, 0.1) is 17.8 Å². The third kappa shape index (κ3) is 3.82. The number of hydrogen-bond donors (Lipinski definition) is 2. The molecule has 0 fully saturated rings. The normalized spacial score (nSPS) is 11.6. The van der Waals surface area contributed by atoms with Gasteiger partial charge in [0.2, 0.25) is 5.91 Å². The van der Waals surface area contributed by atoms with Crippen molar-refractivity contribution in [3.8, 4) is 0 Å². The number of aromatic nitrogens is 2. The molecule has 5 nitrogen and oxygen atoms in total. The first-order valence-corrected chi connectivity index (χ1v) is 6.65. The van der Waals surface area contributed by atoms with Crippen LogP contribution in [0.4, 0.5) is 0 Å². The highest BCUT2D eigenvalue weighted by molar-refractivity contribution is 6.31. The van der Waals surface area contributed by atoms with Crippen molar-refractivity contribution in [2.75, 3.05) is 20.6 Å². The summed E-state index contributed by atoms with van der Waals surface area (Å²) in [5.41, 5.74) is 1.68. The summed E-state index contributed by atoms with van der Waals surface area (Å²) < 4.78 is 0. The smallest absolute Gasteiger partial charge is 0.244 e. The average Bonchev–Trinajstić information content (AvgIpc) is 2.78. The maximum atomic E-state index is 11.6. The highest BCUT2D eigenvalue weighted by Crippen LogP contribution is 2.20. The number of fused-ring (bicyclic) bond motifs is 1. The molecular weight excluding hydrogens is 276 g/mol. The van der Waals surface area contributed by atoms with Crippen molar-refractivity contribution in [1.29, 1.82) is 0 Å². The molecule has 0 unspecified atom stereocenters. The lowest BCUT2D eigenvalue weighted by Gasteiger charge is -2.04. The lowest BCUT2D eigenvalue weighted by molar-refractivity contribution is -0.116. The summed E-state index contributed by atoms with van der Waals surface area (Å²) in [4.78, 5) is 13.6. The zero-order valence-corrected chi connectivity index (χ0v) is 12.2. The van der Waals surface area contributed by atoms with Crippen LogP contribution < -0.4 is 5.32 Å². The third-order valence-corrected chi connectivity index (χ3v) is 3.01. The fourth-order valence-corrected chi connectivity index (χ4v) is 1.95. The number of hydrogen-bond acceptors (Lipinski definition) is 3. The van der Waals surface area contributed by atoms with E-state index in [-0.39, 0.29) is 5.91 Å². The summed E-state index contributed by atoms with van der Waals surface area (Å²) in [6.45, 7) is 1.12. The molecule has 1 heterocycles. The maximum absolute atomic E-state index is 11.6. The van der Waals surface area contributed by atoms with Crippen LogP contribution in [0.1, 0.15) is 5.69 Å². The van der Waals surface area contributed by atoms with Crippen LogP contribution in [-0.2, 0) is 11.3 Å². The molecule has 2 rings (SSSR count). The van der Waals surface area contributed by atoms with Gasteiger partial charge in [-0.2, -0.15) is 5.10 Å². The summed E-state index contributed by atoms with van der Waals surface area (Å²) >= 11 is 5.96. The van der Waals surface area contributed by atoms with Crippen molar-refractivity contribution in [3.63, 3.8) is 0 Å². The lowest BCUT2D eigenvalue weighted by atomic mass is 10.2. The van der Waals surface area contributed by atoms with E-state index in [1.165, 1.54) is 6.08 Å². The standard InChI is InChI=1S/C14H17ClN4O/c1-19(2)7-3-4-14(20)16-9-13-11-8-10(15)5-6-12(11)17-18-13/h3-6,8H,7,9H2,1-2H3,(H,16,20)(H,17,18)/b4-3+. The Balaban J connectivity index is 1.97. The van der Waals surface area contributed by atoms with E-state index < -0.39 is 0 Å². The predicted molar refractivity (Wildman–Crippen MR) is 80.6 cm³/mol. The second kappa shape index (κ2) is 6.54. The van der Waals surface area contributed by atoms with E-state index in [1.807, 2.05) is 37.2 Å². The third-order valence-electron chi connectivity index (χ3n) is 2.77. The van der Waals surface area contributed by atoms with Gasteiger partial charge in [-0.15, -0.1) is 0 Å². The fraction of sp³-hybridized carbons (Fsp3) is 0.286. The van der Waals surface area contributed by atoms with E-state index in [0.29, 0.717) is 11.6 Å². The number of carbonyl (C=O) groups is 1. The highest BCUT2D eigenvalue weighted by Gasteiger charge is 2.06. The van der Waals surface area contributed by atoms with E-state index in [2.05, 4.69) is 15.5 Å². The minimum atomic E-state index is -0.128. The minimum absolute atomic E-state index is 0.128. The molecule has 0 aliphatic carbocycles. The topological polar surface area (TPSA) is 61.0 Å². The van der Waals surface area contributed by atoms with E-state index >= 15 is 0 Å². The van der Waals surface area contributed by atoms with Crippen LogP contribution in [0.2, 0.25) is 5.02 Å². The van der Waals surface area contributed by atoms with Gasteiger partial charge in [0, 0.05) is 23.0 Å². The molecule has 0 saturated heterocycles. The van der Waals surface area contributed by atoms with Gasteiger partial charge in [-0.3, -0.25) is 9.89 Å². The van der Waals surface area contributed by atoms with Crippen LogP contribution >= 0.6 is 11.6 Å². The monoisotopic (exact) mass is 292 g/mol. The van der Waals surface area contributed by atoms with Crippen molar-refractivity contribution in [1.82, 2.24) is 20.4 Å². The Hall–Kier alpha value is -1.85. The molecule has 2 N–H and O–H groups in total. The molecule has 0 bridgehead atoms. The number of rotatable bonds is 5. The Kier molecular flexibility index (Phi) is 4.76. The van der Waals surface area contributed by atoms with Crippen molar-refractivity contribution in [3.05, 3.63) is 41.1 Å². The summed E-state index contributed by atoms with van der Waals surface area (Å²) in [5.74, 6) is -0.128. The molecule has 0 spiro atoms. The molecule has 1 aromatic carbocycles. The Morgan fingerprint density at radius 1 is 1.50 bits per heavy atom. The number of benzene rings is 1. The van der Waals surface area contributed by atoms with Gasteiger partial charge in [0.15, 0.2) is 0 Å². The molecule has 1 amide bonds. The zero-order valence-electron chi connectivity index (χ0n) is 11.5. The van der Waals surface area contributed by atoms with Crippen molar-refractivity contribution in [2.24, 2.45) is 0 Å². The summed E-state index contributed by atoms with van der Waals surface area (Å²) in [6, 6.07) is 5.47. The molecule has 0 radical (unpaired) electrons. The molecule has 0 aliphatic rings. The summed E-state index contributed by atoms with van der Waals surface area (Å²) in [5, 5.41) is 11.5. The van der Waals surface area contributed by atoms with Gasteiger partial charge >= 0.3 is 0 Å². The Morgan fingerprint density at radius 3 is 3.05 bits per heavy atom. The highest BCUT2D eigenvalue weighted by atomic mass is 35.5. The summed E-state index contributed by atoms with van der Waals surface area (Å²) in [7, 11) is 3.89. The molecule has 20 heavy (non-hydrogen) atoms. The van der Waals surface area contributed by atoms with Crippen LogP contribution in [0.3, 0.4) is 0 Å². The van der Waals surface area contributed by atoms with Crippen LogP contribution in [0.15, 0.2) is 30.4 Å². The largest absolute Gasteiger partial charge is 0.347 e. The summed E-state index contributed by atoms with van der Waals surface area (Å²) in [6.07, 6.45) is 3.35. The molecular formula is C14H17ClN4O. The van der Waals surface area contributed by atoms with Crippen LogP contribution in [-0.4, -0.2) is 41.6 Å². The Labute approximate surface area is 122 Å².